The number of halogens is 2. The van der Waals surface area contributed by atoms with Crippen molar-refractivity contribution in [2.45, 2.75) is 12.8 Å². The van der Waals surface area contributed by atoms with Crippen molar-refractivity contribution in [3.05, 3.63) is 57.8 Å². The summed E-state index contributed by atoms with van der Waals surface area (Å²) in [7, 11) is 0. The van der Waals surface area contributed by atoms with Gasteiger partial charge in [0, 0.05) is 23.5 Å². The van der Waals surface area contributed by atoms with Gasteiger partial charge in [0.05, 0.1) is 4.47 Å². The van der Waals surface area contributed by atoms with E-state index >= 15 is 0 Å². The third kappa shape index (κ3) is 3.08. The van der Waals surface area contributed by atoms with Gasteiger partial charge in [0.15, 0.2) is 0 Å². The highest BCUT2D eigenvalue weighted by molar-refractivity contribution is 9.10. The summed E-state index contributed by atoms with van der Waals surface area (Å²) >= 11 is 3.07. The zero-order valence-corrected chi connectivity index (χ0v) is 12.8. The van der Waals surface area contributed by atoms with Gasteiger partial charge < -0.3 is 10.6 Å². The molecule has 0 fully saturated rings. The van der Waals surface area contributed by atoms with E-state index in [4.69, 9.17) is 0 Å². The number of benzene rings is 2. The second kappa shape index (κ2) is 5.85. The second-order valence-electron chi connectivity index (χ2n) is 4.99. The predicted octanol–water partition coefficient (Wildman–Crippen LogP) is 4.20. The Kier molecular flexibility index (Phi) is 3.92. The van der Waals surface area contributed by atoms with Crippen LogP contribution >= 0.6 is 15.9 Å². The van der Waals surface area contributed by atoms with Gasteiger partial charge in [0.25, 0.3) is 5.91 Å². The Morgan fingerprint density at radius 3 is 2.90 bits per heavy atom. The third-order valence-corrected chi connectivity index (χ3v) is 4.13. The van der Waals surface area contributed by atoms with Crippen LogP contribution in [-0.2, 0) is 6.42 Å². The number of carbonyl (C=O) groups is 1. The highest BCUT2D eigenvalue weighted by Gasteiger charge is 2.12. The van der Waals surface area contributed by atoms with E-state index in [2.05, 4.69) is 26.6 Å². The highest BCUT2D eigenvalue weighted by atomic mass is 79.9. The maximum absolute atomic E-state index is 13.5. The van der Waals surface area contributed by atoms with Gasteiger partial charge in [-0.15, -0.1) is 0 Å². The molecule has 0 aliphatic carbocycles. The molecule has 21 heavy (non-hydrogen) atoms. The average Bonchev–Trinajstić information content (AvgIpc) is 2.50. The summed E-state index contributed by atoms with van der Waals surface area (Å²) in [5.41, 5.74) is 3.34. The first-order chi connectivity index (χ1) is 10.1. The minimum atomic E-state index is -0.447. The van der Waals surface area contributed by atoms with Crippen molar-refractivity contribution in [2.24, 2.45) is 0 Å². The molecule has 0 unspecified atom stereocenters. The molecule has 0 atom stereocenters. The van der Waals surface area contributed by atoms with Gasteiger partial charge in [0.2, 0.25) is 0 Å². The van der Waals surface area contributed by atoms with Crippen LogP contribution in [0.2, 0.25) is 0 Å². The minimum absolute atomic E-state index is 0.298. The molecule has 2 aromatic rings. The fourth-order valence-electron chi connectivity index (χ4n) is 2.39. The lowest BCUT2D eigenvalue weighted by Crippen LogP contribution is -2.14. The molecule has 1 aliphatic heterocycles. The van der Waals surface area contributed by atoms with E-state index in [-0.39, 0.29) is 5.91 Å². The number of amides is 1. The molecule has 0 aromatic heterocycles. The SMILES string of the molecule is O=C(Nc1ccc2c(c1)CCCN2)c1ccc(Br)c(F)c1. The monoisotopic (exact) mass is 348 g/mol. The van der Waals surface area contributed by atoms with Crippen molar-refractivity contribution < 1.29 is 9.18 Å². The van der Waals surface area contributed by atoms with Crippen molar-refractivity contribution >= 4 is 33.2 Å². The lowest BCUT2D eigenvalue weighted by Gasteiger charge is -2.18. The van der Waals surface area contributed by atoms with E-state index in [9.17, 15) is 9.18 Å². The van der Waals surface area contributed by atoms with E-state index in [0.717, 1.165) is 30.8 Å². The third-order valence-electron chi connectivity index (χ3n) is 3.48. The summed E-state index contributed by atoms with van der Waals surface area (Å²) in [5, 5.41) is 6.13. The number of rotatable bonds is 2. The lowest BCUT2D eigenvalue weighted by molar-refractivity contribution is 0.102. The van der Waals surface area contributed by atoms with E-state index < -0.39 is 5.82 Å². The minimum Gasteiger partial charge on any atom is -0.385 e. The number of aryl methyl sites for hydroxylation is 1. The summed E-state index contributed by atoms with van der Waals surface area (Å²) in [6, 6.07) is 10.1. The number of carbonyl (C=O) groups excluding carboxylic acids is 1. The Hall–Kier alpha value is -1.88. The summed E-state index contributed by atoms with van der Waals surface area (Å²) in [4.78, 5) is 12.1. The molecule has 0 saturated carbocycles. The Bertz CT molecular complexity index is 703. The van der Waals surface area contributed by atoms with E-state index in [0.29, 0.717) is 10.0 Å². The summed E-state index contributed by atoms with van der Waals surface area (Å²) in [6.45, 7) is 0.983. The van der Waals surface area contributed by atoms with Crippen LogP contribution < -0.4 is 10.6 Å². The first-order valence-electron chi connectivity index (χ1n) is 6.77. The summed E-state index contributed by atoms with van der Waals surface area (Å²) < 4.78 is 13.8. The average molecular weight is 349 g/mol. The molecule has 0 spiro atoms. The van der Waals surface area contributed by atoms with E-state index in [1.54, 1.807) is 6.07 Å². The fourth-order valence-corrected chi connectivity index (χ4v) is 2.64. The van der Waals surface area contributed by atoms with Crippen molar-refractivity contribution in [1.29, 1.82) is 0 Å². The molecule has 5 heteroatoms. The van der Waals surface area contributed by atoms with Crippen molar-refractivity contribution in [3.8, 4) is 0 Å². The van der Waals surface area contributed by atoms with Gasteiger partial charge >= 0.3 is 0 Å². The van der Waals surface area contributed by atoms with E-state index in [1.165, 1.54) is 17.7 Å². The van der Waals surface area contributed by atoms with Gasteiger partial charge in [-0.1, -0.05) is 0 Å². The molecule has 0 bridgehead atoms. The van der Waals surface area contributed by atoms with Crippen molar-refractivity contribution in [2.75, 3.05) is 17.2 Å². The van der Waals surface area contributed by atoms with Crippen LogP contribution in [0.25, 0.3) is 0 Å². The Labute approximate surface area is 130 Å². The molecule has 2 N–H and O–H groups in total. The quantitative estimate of drug-likeness (QED) is 0.853. The zero-order valence-electron chi connectivity index (χ0n) is 11.2. The molecular formula is C16H14BrFN2O. The summed E-state index contributed by atoms with van der Waals surface area (Å²) in [6.07, 6.45) is 2.08. The molecular weight excluding hydrogens is 335 g/mol. The first kappa shape index (κ1) is 14.1. The summed E-state index contributed by atoms with van der Waals surface area (Å²) in [5.74, 6) is -0.762. The molecule has 1 amide bonds. The van der Waals surface area contributed by atoms with Gasteiger partial charge in [0.1, 0.15) is 5.82 Å². The largest absolute Gasteiger partial charge is 0.385 e. The molecule has 2 aromatic carbocycles. The Morgan fingerprint density at radius 2 is 2.10 bits per heavy atom. The van der Waals surface area contributed by atoms with Gasteiger partial charge in [-0.25, -0.2) is 4.39 Å². The molecule has 1 heterocycles. The first-order valence-corrected chi connectivity index (χ1v) is 7.56. The van der Waals surface area contributed by atoms with Gasteiger partial charge in [-0.2, -0.15) is 0 Å². The fraction of sp³-hybridized carbons (Fsp3) is 0.188. The molecule has 108 valence electrons. The Balaban J connectivity index is 1.79. The molecule has 0 radical (unpaired) electrons. The number of anilines is 2. The predicted molar refractivity (Wildman–Crippen MR) is 85.3 cm³/mol. The van der Waals surface area contributed by atoms with Crippen LogP contribution in [0.15, 0.2) is 40.9 Å². The van der Waals surface area contributed by atoms with Crippen molar-refractivity contribution in [3.63, 3.8) is 0 Å². The van der Waals surface area contributed by atoms with Crippen LogP contribution in [0.5, 0.6) is 0 Å². The zero-order chi connectivity index (χ0) is 14.8. The molecule has 1 aliphatic rings. The number of fused-ring (bicyclic) bond motifs is 1. The second-order valence-corrected chi connectivity index (χ2v) is 5.84. The topological polar surface area (TPSA) is 41.1 Å². The molecule has 3 rings (SSSR count). The van der Waals surface area contributed by atoms with Gasteiger partial charge in [-0.3, -0.25) is 4.79 Å². The van der Waals surface area contributed by atoms with E-state index in [1.807, 2.05) is 18.2 Å². The van der Waals surface area contributed by atoms with Gasteiger partial charge in [-0.05, 0) is 70.7 Å². The smallest absolute Gasteiger partial charge is 0.255 e. The Morgan fingerprint density at radius 1 is 1.24 bits per heavy atom. The molecule has 3 nitrogen and oxygen atoms in total. The standard InChI is InChI=1S/C16H14BrFN2O/c17-13-5-3-11(9-14(13)18)16(21)20-12-4-6-15-10(8-12)2-1-7-19-15/h3-6,8-9,19H,1-2,7H2,(H,20,21). The van der Waals surface area contributed by atoms with Crippen LogP contribution in [0.1, 0.15) is 22.3 Å². The van der Waals surface area contributed by atoms with Crippen LogP contribution in [0.4, 0.5) is 15.8 Å². The highest BCUT2D eigenvalue weighted by Crippen LogP contribution is 2.25. The maximum Gasteiger partial charge on any atom is 0.255 e. The number of hydrogen-bond donors (Lipinski definition) is 2. The normalized spacial score (nSPS) is 13.2. The van der Waals surface area contributed by atoms with Crippen LogP contribution in [0.3, 0.4) is 0 Å². The molecule has 0 saturated heterocycles. The van der Waals surface area contributed by atoms with Crippen LogP contribution in [-0.4, -0.2) is 12.5 Å². The number of nitrogens with one attached hydrogen (secondary N) is 2. The van der Waals surface area contributed by atoms with Crippen LogP contribution in [0, 0.1) is 5.82 Å². The maximum atomic E-state index is 13.5. The van der Waals surface area contributed by atoms with Crippen molar-refractivity contribution in [1.82, 2.24) is 0 Å². The number of hydrogen-bond acceptors (Lipinski definition) is 2. The lowest BCUT2D eigenvalue weighted by atomic mass is 10.0.